The molecule has 0 radical (unpaired) electrons. The third-order valence-electron chi connectivity index (χ3n) is 4.31. The van der Waals surface area contributed by atoms with Gasteiger partial charge in [-0.3, -0.25) is 19.3 Å². The molecular weight excluding hydrogens is 352 g/mol. The van der Waals surface area contributed by atoms with Gasteiger partial charge in [0, 0.05) is 16.5 Å². The molecule has 0 bridgehead atoms. The summed E-state index contributed by atoms with van der Waals surface area (Å²) in [4.78, 5) is 38.9. The van der Waals surface area contributed by atoms with Crippen LogP contribution in [0.3, 0.4) is 0 Å². The summed E-state index contributed by atoms with van der Waals surface area (Å²) in [6.07, 6.45) is 0. The lowest BCUT2D eigenvalue weighted by Gasteiger charge is -2.26. The molecule has 4 rings (SSSR count). The number of para-hydroxylation sites is 1. The van der Waals surface area contributed by atoms with Crippen LogP contribution in [0.2, 0.25) is 5.02 Å². The molecule has 1 heterocycles. The first-order chi connectivity index (χ1) is 12.6. The third-order valence-corrected chi connectivity index (χ3v) is 4.64. The highest BCUT2D eigenvalue weighted by molar-refractivity contribution is 6.33. The summed E-state index contributed by atoms with van der Waals surface area (Å²) in [5, 5.41) is 4.47. The predicted molar refractivity (Wildman–Crippen MR) is 99.4 cm³/mol. The van der Waals surface area contributed by atoms with Crippen LogP contribution in [0.1, 0.15) is 20.7 Å². The number of anilines is 1. The molecular formula is C20H13ClN2O3. The molecule has 3 aromatic carbocycles. The molecule has 5 nitrogen and oxygen atoms in total. The lowest BCUT2D eigenvalue weighted by molar-refractivity contribution is -0.116. The molecule has 128 valence electrons. The van der Waals surface area contributed by atoms with Crippen molar-refractivity contribution in [2.45, 2.75) is 0 Å². The lowest BCUT2D eigenvalue weighted by Crippen LogP contribution is -2.44. The maximum Gasteiger partial charge on any atom is 0.261 e. The van der Waals surface area contributed by atoms with Gasteiger partial charge in [0.25, 0.3) is 11.8 Å². The molecule has 0 fully saturated rings. The highest BCUT2D eigenvalue weighted by atomic mass is 35.5. The molecule has 26 heavy (non-hydrogen) atoms. The van der Waals surface area contributed by atoms with Gasteiger partial charge < -0.3 is 5.32 Å². The Hall–Kier alpha value is -3.18. The minimum Gasteiger partial charge on any atom is -0.323 e. The van der Waals surface area contributed by atoms with Gasteiger partial charge in [0.1, 0.15) is 6.54 Å². The fraction of sp³-hybridized carbons (Fsp3) is 0.0500. The molecule has 0 unspecified atom stereocenters. The van der Waals surface area contributed by atoms with Crippen molar-refractivity contribution in [3.8, 4) is 0 Å². The fourth-order valence-electron chi connectivity index (χ4n) is 3.12. The number of benzene rings is 3. The molecule has 1 aliphatic heterocycles. The quantitative estimate of drug-likeness (QED) is 0.720. The van der Waals surface area contributed by atoms with Crippen molar-refractivity contribution in [1.29, 1.82) is 0 Å². The molecule has 1 N–H and O–H groups in total. The van der Waals surface area contributed by atoms with Crippen LogP contribution in [-0.4, -0.2) is 29.2 Å². The number of carbonyl (C=O) groups is 3. The van der Waals surface area contributed by atoms with Crippen molar-refractivity contribution in [3.05, 3.63) is 76.8 Å². The number of nitrogens with one attached hydrogen (secondary N) is 1. The van der Waals surface area contributed by atoms with E-state index in [9.17, 15) is 14.4 Å². The van der Waals surface area contributed by atoms with E-state index >= 15 is 0 Å². The van der Waals surface area contributed by atoms with Gasteiger partial charge >= 0.3 is 0 Å². The van der Waals surface area contributed by atoms with E-state index in [1.165, 1.54) is 0 Å². The highest BCUT2D eigenvalue weighted by Crippen LogP contribution is 2.30. The summed E-state index contributed by atoms with van der Waals surface area (Å²) in [7, 11) is 0. The topological polar surface area (TPSA) is 66.5 Å². The van der Waals surface area contributed by atoms with Crippen LogP contribution in [0, 0.1) is 0 Å². The first-order valence-electron chi connectivity index (χ1n) is 7.98. The number of rotatable bonds is 3. The van der Waals surface area contributed by atoms with Gasteiger partial charge in [0.15, 0.2) is 0 Å². The molecule has 0 aliphatic carbocycles. The number of hydrogen-bond acceptors (Lipinski definition) is 3. The smallest absolute Gasteiger partial charge is 0.261 e. The van der Waals surface area contributed by atoms with Crippen molar-refractivity contribution in [2.24, 2.45) is 0 Å². The average molecular weight is 365 g/mol. The van der Waals surface area contributed by atoms with Crippen molar-refractivity contribution in [3.63, 3.8) is 0 Å². The molecule has 0 aromatic heterocycles. The zero-order chi connectivity index (χ0) is 18.3. The van der Waals surface area contributed by atoms with Crippen molar-refractivity contribution >= 4 is 45.8 Å². The standard InChI is InChI=1S/C20H13ClN2O3/c21-15-9-1-2-10-16(15)22-17(24)11-23-19(25)13-7-3-5-12-6-4-8-14(18(12)13)20(23)26/h1-10H,11H2,(H,22,24). The number of carbonyl (C=O) groups excluding carboxylic acids is 3. The Kier molecular flexibility index (Phi) is 3.93. The first kappa shape index (κ1) is 16.3. The van der Waals surface area contributed by atoms with Gasteiger partial charge in [0.2, 0.25) is 5.91 Å². The van der Waals surface area contributed by atoms with E-state index < -0.39 is 17.7 Å². The molecule has 0 saturated heterocycles. The van der Waals surface area contributed by atoms with Crippen molar-refractivity contribution < 1.29 is 14.4 Å². The van der Waals surface area contributed by atoms with E-state index in [1.54, 1.807) is 48.5 Å². The Labute approximate surface area is 154 Å². The van der Waals surface area contributed by atoms with E-state index in [0.29, 0.717) is 27.2 Å². The minimum atomic E-state index is -0.494. The number of amides is 3. The number of imide groups is 1. The minimum absolute atomic E-state index is 0.381. The Morgan fingerprint density at radius 1 is 0.885 bits per heavy atom. The van der Waals surface area contributed by atoms with Gasteiger partial charge in [-0.25, -0.2) is 0 Å². The molecule has 0 spiro atoms. The second-order valence-corrected chi connectivity index (χ2v) is 6.34. The fourth-order valence-corrected chi connectivity index (χ4v) is 3.30. The Balaban J connectivity index is 1.64. The Morgan fingerprint density at radius 3 is 2.12 bits per heavy atom. The summed E-state index contributed by atoms with van der Waals surface area (Å²) < 4.78 is 0. The Morgan fingerprint density at radius 2 is 1.50 bits per heavy atom. The van der Waals surface area contributed by atoms with Gasteiger partial charge in [-0.2, -0.15) is 0 Å². The molecule has 6 heteroatoms. The van der Waals surface area contributed by atoms with Gasteiger partial charge in [0.05, 0.1) is 10.7 Å². The largest absolute Gasteiger partial charge is 0.323 e. The maximum atomic E-state index is 12.8. The van der Waals surface area contributed by atoms with E-state index in [0.717, 1.165) is 10.3 Å². The molecule has 3 aromatic rings. The molecule has 0 saturated carbocycles. The summed E-state index contributed by atoms with van der Waals surface area (Å²) in [5.74, 6) is -1.45. The SMILES string of the molecule is O=C(CN1C(=O)c2cccc3cccc(c23)C1=O)Nc1ccccc1Cl. The maximum absolute atomic E-state index is 12.8. The highest BCUT2D eigenvalue weighted by Gasteiger charge is 2.33. The van der Waals surface area contributed by atoms with Crippen molar-refractivity contribution in [2.75, 3.05) is 11.9 Å². The van der Waals surface area contributed by atoms with Crippen LogP contribution < -0.4 is 5.32 Å². The number of hydrogen-bond donors (Lipinski definition) is 1. The van der Waals surface area contributed by atoms with Crippen LogP contribution in [0.5, 0.6) is 0 Å². The average Bonchev–Trinajstić information content (AvgIpc) is 2.65. The lowest BCUT2D eigenvalue weighted by atomic mass is 9.94. The van der Waals surface area contributed by atoms with Crippen LogP contribution in [0.15, 0.2) is 60.7 Å². The second kappa shape index (κ2) is 6.28. The predicted octanol–water partition coefficient (Wildman–Crippen LogP) is 3.73. The number of nitrogens with zero attached hydrogens (tertiary/aromatic N) is 1. The van der Waals surface area contributed by atoms with Gasteiger partial charge in [-0.05, 0) is 29.7 Å². The van der Waals surface area contributed by atoms with Gasteiger partial charge in [-0.1, -0.05) is 48.0 Å². The van der Waals surface area contributed by atoms with Crippen LogP contribution in [0.4, 0.5) is 5.69 Å². The summed E-state index contributed by atoms with van der Waals surface area (Å²) in [5.41, 5.74) is 1.27. The number of halogens is 1. The first-order valence-corrected chi connectivity index (χ1v) is 8.36. The van der Waals surface area contributed by atoms with Crippen LogP contribution in [0.25, 0.3) is 10.8 Å². The van der Waals surface area contributed by atoms with Crippen molar-refractivity contribution in [1.82, 2.24) is 4.90 Å². The van der Waals surface area contributed by atoms with Crippen LogP contribution in [-0.2, 0) is 4.79 Å². The van der Waals surface area contributed by atoms with E-state index in [4.69, 9.17) is 11.6 Å². The molecule has 1 aliphatic rings. The Bertz CT molecular complexity index is 1030. The van der Waals surface area contributed by atoms with Crippen LogP contribution >= 0.6 is 11.6 Å². The monoisotopic (exact) mass is 364 g/mol. The molecule has 0 atom stereocenters. The normalized spacial score (nSPS) is 13.2. The van der Waals surface area contributed by atoms with E-state index in [1.807, 2.05) is 12.1 Å². The summed E-state index contributed by atoms with van der Waals surface area (Å²) in [6.45, 7) is -0.381. The summed E-state index contributed by atoms with van der Waals surface area (Å²) in [6, 6.07) is 17.3. The zero-order valence-corrected chi connectivity index (χ0v) is 14.3. The third kappa shape index (κ3) is 2.62. The zero-order valence-electron chi connectivity index (χ0n) is 13.5. The summed E-state index contributed by atoms with van der Waals surface area (Å²) >= 11 is 6.03. The van der Waals surface area contributed by atoms with E-state index in [-0.39, 0.29) is 6.54 Å². The molecule has 3 amide bonds. The van der Waals surface area contributed by atoms with E-state index in [2.05, 4.69) is 5.32 Å². The van der Waals surface area contributed by atoms with Gasteiger partial charge in [-0.15, -0.1) is 0 Å². The second-order valence-electron chi connectivity index (χ2n) is 5.93.